The van der Waals surface area contributed by atoms with Gasteiger partial charge in [-0.2, -0.15) is 5.21 Å². The highest BCUT2D eigenvalue weighted by Crippen LogP contribution is 2.32. The number of hydrogen-bond donors (Lipinski definition) is 3. The van der Waals surface area contributed by atoms with Gasteiger partial charge in [0.05, 0.1) is 11.4 Å². The fraction of sp³-hybridized carbons (Fsp3) is 0.0667. The van der Waals surface area contributed by atoms with Crippen molar-refractivity contribution in [3.8, 4) is 16.8 Å². The number of nitrogens with one attached hydrogen (secondary N) is 3. The van der Waals surface area contributed by atoms with Gasteiger partial charge in [0.15, 0.2) is 0 Å². The highest BCUT2D eigenvalue weighted by molar-refractivity contribution is 7.71. The Morgan fingerprint density at radius 1 is 1.13 bits per heavy atom. The summed E-state index contributed by atoms with van der Waals surface area (Å²) in [6.07, 6.45) is 0. The van der Waals surface area contributed by atoms with Crippen LogP contribution in [0.1, 0.15) is 0 Å². The maximum atomic E-state index is 11.7. The van der Waals surface area contributed by atoms with E-state index in [1.807, 2.05) is 48.5 Å². The number of anilines is 1. The van der Waals surface area contributed by atoms with Crippen LogP contribution < -0.4 is 10.6 Å². The number of carbonyl (C=O) groups is 1. The zero-order valence-corrected chi connectivity index (χ0v) is 13.1. The van der Waals surface area contributed by atoms with Crippen LogP contribution >= 0.6 is 12.2 Å². The van der Waals surface area contributed by atoms with Crippen LogP contribution in [-0.4, -0.2) is 33.3 Å². The first-order valence-electron chi connectivity index (χ1n) is 6.88. The molecule has 0 aliphatic rings. The molecule has 0 saturated carbocycles. The van der Waals surface area contributed by atoms with Crippen molar-refractivity contribution < 1.29 is 4.79 Å². The van der Waals surface area contributed by atoms with Crippen molar-refractivity contribution in [1.29, 1.82) is 0 Å². The summed E-state index contributed by atoms with van der Waals surface area (Å²) in [5.41, 5.74) is 3.25. The quantitative estimate of drug-likeness (QED) is 0.646. The van der Waals surface area contributed by atoms with Crippen molar-refractivity contribution in [2.45, 2.75) is 0 Å². The molecule has 0 bridgehead atoms. The summed E-state index contributed by atoms with van der Waals surface area (Å²) in [7, 11) is 1.57. The van der Waals surface area contributed by atoms with Crippen LogP contribution in [0.3, 0.4) is 0 Å². The van der Waals surface area contributed by atoms with Crippen LogP contribution in [0, 0.1) is 4.77 Å². The Bertz CT molecular complexity index is 900. The highest BCUT2D eigenvalue weighted by atomic mass is 32.1. The average molecular weight is 326 g/mol. The van der Waals surface area contributed by atoms with Gasteiger partial charge in [0.1, 0.15) is 0 Å². The van der Waals surface area contributed by atoms with Gasteiger partial charge in [-0.05, 0) is 24.4 Å². The molecule has 3 rings (SSSR count). The summed E-state index contributed by atoms with van der Waals surface area (Å²) >= 11 is 5.18. The van der Waals surface area contributed by atoms with Gasteiger partial charge in [-0.25, -0.2) is 9.48 Å². The van der Waals surface area contributed by atoms with Crippen LogP contribution in [0.4, 0.5) is 10.5 Å². The number of aromatic amines is 1. The Morgan fingerprint density at radius 3 is 2.52 bits per heavy atom. The predicted molar refractivity (Wildman–Crippen MR) is 90.1 cm³/mol. The molecule has 0 aliphatic carbocycles. The van der Waals surface area contributed by atoms with E-state index >= 15 is 0 Å². The van der Waals surface area contributed by atoms with Crippen LogP contribution in [0.25, 0.3) is 16.8 Å². The average Bonchev–Trinajstić information content (AvgIpc) is 3.01. The molecule has 0 saturated heterocycles. The first-order chi connectivity index (χ1) is 11.2. The summed E-state index contributed by atoms with van der Waals surface area (Å²) in [4.78, 5) is 11.7. The van der Waals surface area contributed by atoms with E-state index in [0.29, 0.717) is 10.5 Å². The van der Waals surface area contributed by atoms with Crippen molar-refractivity contribution in [2.75, 3.05) is 12.4 Å². The fourth-order valence-corrected chi connectivity index (χ4v) is 2.44. The maximum Gasteiger partial charge on any atom is 0.318 e. The monoisotopic (exact) mass is 326 g/mol. The molecule has 0 radical (unpaired) electrons. The summed E-state index contributed by atoms with van der Waals surface area (Å²) < 4.78 is 1.94. The topological polar surface area (TPSA) is 87.6 Å². The van der Waals surface area contributed by atoms with Gasteiger partial charge in [-0.1, -0.05) is 46.7 Å². The lowest BCUT2D eigenvalue weighted by Crippen LogP contribution is -2.24. The second-order valence-electron chi connectivity index (χ2n) is 4.68. The molecule has 3 N–H and O–H groups in total. The number of urea groups is 1. The third-order valence-electron chi connectivity index (χ3n) is 3.31. The van der Waals surface area contributed by atoms with Crippen LogP contribution in [0.15, 0.2) is 48.5 Å². The number of tetrazole rings is 1. The summed E-state index contributed by atoms with van der Waals surface area (Å²) in [6, 6.07) is 14.9. The SMILES string of the molecule is CNC(=O)Nc1ccccc1-c1ccccc1-n1[nH]nnc1=S. The number of carbonyl (C=O) groups excluding carboxylic acids is 1. The zero-order chi connectivity index (χ0) is 16.2. The van der Waals surface area contributed by atoms with Crippen LogP contribution in [-0.2, 0) is 0 Å². The number of hydrogen-bond acceptors (Lipinski definition) is 4. The van der Waals surface area contributed by atoms with E-state index in [2.05, 4.69) is 26.2 Å². The highest BCUT2D eigenvalue weighted by Gasteiger charge is 2.13. The van der Waals surface area contributed by atoms with E-state index in [9.17, 15) is 4.79 Å². The largest absolute Gasteiger partial charge is 0.341 e. The normalized spacial score (nSPS) is 10.3. The molecule has 116 valence electrons. The van der Waals surface area contributed by atoms with E-state index in [-0.39, 0.29) is 6.03 Å². The van der Waals surface area contributed by atoms with E-state index in [0.717, 1.165) is 16.8 Å². The number of H-pyrrole nitrogens is 1. The predicted octanol–water partition coefficient (Wildman–Crippen LogP) is 2.74. The molecule has 2 amide bonds. The minimum atomic E-state index is -0.283. The molecule has 2 aromatic carbocycles. The number of aromatic nitrogens is 4. The first-order valence-corrected chi connectivity index (χ1v) is 7.29. The molecule has 0 unspecified atom stereocenters. The molecule has 7 nitrogen and oxygen atoms in total. The van der Waals surface area contributed by atoms with Crippen LogP contribution in [0.2, 0.25) is 0 Å². The molecule has 1 heterocycles. The first kappa shape index (κ1) is 14.9. The molecule has 23 heavy (non-hydrogen) atoms. The summed E-state index contributed by atoms with van der Waals surface area (Å²) in [6.45, 7) is 0. The van der Waals surface area contributed by atoms with Crippen molar-refractivity contribution in [3.05, 3.63) is 53.3 Å². The number of benzene rings is 2. The Kier molecular flexibility index (Phi) is 4.15. The Balaban J connectivity index is 2.16. The summed E-state index contributed by atoms with van der Waals surface area (Å²) in [5, 5.41) is 15.6. The number of amides is 2. The van der Waals surface area contributed by atoms with Gasteiger partial charge in [0.2, 0.25) is 4.77 Å². The van der Waals surface area contributed by atoms with Gasteiger partial charge in [0.25, 0.3) is 0 Å². The molecule has 0 fully saturated rings. The summed E-state index contributed by atoms with van der Waals surface area (Å²) in [5.74, 6) is 0. The number of rotatable bonds is 3. The minimum Gasteiger partial charge on any atom is -0.341 e. The zero-order valence-electron chi connectivity index (χ0n) is 12.3. The standard InChI is InChI=1S/C15H14N6OS/c1-16-14(22)17-12-8-4-2-6-10(12)11-7-3-5-9-13(11)21-15(23)18-19-20-21/h2-9H,1H3,(H2,16,17,22)(H,18,20,23). The third kappa shape index (κ3) is 2.97. The molecular weight excluding hydrogens is 312 g/mol. The van der Waals surface area contributed by atoms with E-state index in [1.165, 1.54) is 0 Å². The van der Waals surface area contributed by atoms with Gasteiger partial charge in [0, 0.05) is 18.2 Å². The van der Waals surface area contributed by atoms with Crippen molar-refractivity contribution in [3.63, 3.8) is 0 Å². The second kappa shape index (κ2) is 6.41. The van der Waals surface area contributed by atoms with Crippen molar-refractivity contribution in [2.24, 2.45) is 0 Å². The van der Waals surface area contributed by atoms with Gasteiger partial charge >= 0.3 is 6.03 Å². The van der Waals surface area contributed by atoms with Crippen molar-refractivity contribution >= 4 is 23.9 Å². The van der Waals surface area contributed by atoms with E-state index in [1.54, 1.807) is 11.7 Å². The second-order valence-corrected chi connectivity index (χ2v) is 5.05. The number of para-hydroxylation sites is 2. The lowest BCUT2D eigenvalue weighted by molar-refractivity contribution is 0.254. The Hall–Kier alpha value is -3.00. The van der Waals surface area contributed by atoms with Crippen LogP contribution in [0.5, 0.6) is 0 Å². The number of nitrogens with zero attached hydrogens (tertiary/aromatic N) is 3. The molecule has 0 spiro atoms. The van der Waals surface area contributed by atoms with Gasteiger partial charge in [-0.3, -0.25) is 0 Å². The smallest absolute Gasteiger partial charge is 0.318 e. The molecular formula is C15H14N6OS. The van der Waals surface area contributed by atoms with Crippen molar-refractivity contribution in [1.82, 2.24) is 25.5 Å². The maximum absolute atomic E-state index is 11.7. The minimum absolute atomic E-state index is 0.283. The lowest BCUT2D eigenvalue weighted by atomic mass is 10.0. The van der Waals surface area contributed by atoms with Gasteiger partial charge in [-0.15, -0.1) is 0 Å². The Morgan fingerprint density at radius 2 is 1.83 bits per heavy atom. The molecule has 0 atom stereocenters. The third-order valence-corrected chi connectivity index (χ3v) is 3.57. The lowest BCUT2D eigenvalue weighted by Gasteiger charge is -2.14. The molecule has 8 heteroatoms. The molecule has 0 aliphatic heterocycles. The van der Waals surface area contributed by atoms with E-state index in [4.69, 9.17) is 12.2 Å². The van der Waals surface area contributed by atoms with E-state index < -0.39 is 0 Å². The fourth-order valence-electron chi connectivity index (χ4n) is 2.26. The molecule has 1 aromatic heterocycles. The Labute approximate surface area is 137 Å². The molecule has 3 aromatic rings. The van der Waals surface area contributed by atoms with Gasteiger partial charge < -0.3 is 10.6 Å².